The maximum Gasteiger partial charge on any atom is 0.255 e. The molecule has 2 aliphatic heterocycles. The lowest BCUT2D eigenvalue weighted by Gasteiger charge is -2.34. The minimum absolute atomic E-state index is 0.114. The number of benzene rings is 5. The van der Waals surface area contributed by atoms with Gasteiger partial charge in [-0.2, -0.15) is 0 Å². The third kappa shape index (κ3) is 7.16. The monoisotopic (exact) mass is 719 g/mol. The second-order valence-electron chi connectivity index (χ2n) is 14.6. The normalized spacial score (nSPS) is 19.2. The summed E-state index contributed by atoms with van der Waals surface area (Å²) in [6.45, 7) is 5.31. The first-order chi connectivity index (χ1) is 26.3. The average molecular weight is 720 g/mol. The minimum Gasteiger partial charge on any atom is -0.508 e. The second-order valence-corrected chi connectivity index (χ2v) is 14.6. The van der Waals surface area contributed by atoms with Crippen LogP contribution in [0.25, 0.3) is 11.1 Å². The van der Waals surface area contributed by atoms with Gasteiger partial charge in [0.2, 0.25) is 5.91 Å². The van der Waals surface area contributed by atoms with Crippen molar-refractivity contribution in [1.29, 1.82) is 0 Å². The topological polar surface area (TPSA) is 114 Å². The van der Waals surface area contributed by atoms with Crippen molar-refractivity contribution in [3.05, 3.63) is 155 Å². The average Bonchev–Trinajstić information content (AvgIpc) is 3.51. The molecule has 2 unspecified atom stereocenters. The van der Waals surface area contributed by atoms with E-state index in [4.69, 9.17) is 15.2 Å². The summed E-state index contributed by atoms with van der Waals surface area (Å²) in [5, 5.41) is 13.0. The number of carbonyl (C=O) groups is 2. The number of hydrogen-bond acceptors (Lipinski definition) is 6. The summed E-state index contributed by atoms with van der Waals surface area (Å²) in [5.41, 5.74) is 16.1. The van der Waals surface area contributed by atoms with Crippen molar-refractivity contribution in [3.8, 4) is 28.4 Å². The number of phenolic OH excluding ortho intramolecular Hbond substituents is 1. The summed E-state index contributed by atoms with van der Waals surface area (Å²) in [6, 6.07) is 36.1. The Morgan fingerprint density at radius 3 is 2.33 bits per heavy atom. The van der Waals surface area contributed by atoms with Crippen molar-refractivity contribution in [2.75, 3.05) is 18.9 Å². The molecule has 0 radical (unpaired) electrons. The summed E-state index contributed by atoms with van der Waals surface area (Å²) >= 11 is 0. The van der Waals surface area contributed by atoms with Gasteiger partial charge in [-0.25, -0.2) is 0 Å². The molecule has 8 rings (SSSR count). The summed E-state index contributed by atoms with van der Waals surface area (Å²) in [6.07, 6.45) is 4.83. The molecule has 5 aromatic rings. The van der Waals surface area contributed by atoms with Crippen LogP contribution in [0.4, 0.5) is 5.69 Å². The Bertz CT molecular complexity index is 2200. The molecule has 4 N–H and O–H groups in total. The van der Waals surface area contributed by atoms with Crippen LogP contribution in [0.5, 0.6) is 17.2 Å². The van der Waals surface area contributed by atoms with Crippen molar-refractivity contribution in [2.45, 2.75) is 62.9 Å². The molecule has 5 aromatic carbocycles. The van der Waals surface area contributed by atoms with E-state index in [1.807, 2.05) is 42.5 Å². The first-order valence-corrected chi connectivity index (χ1v) is 18.9. The third-order valence-corrected chi connectivity index (χ3v) is 11.1. The molecular formula is C46H45N3O5. The molecule has 54 heavy (non-hydrogen) atoms. The number of carbonyl (C=O) groups excluding carboxylic acids is 2. The highest BCUT2D eigenvalue weighted by atomic mass is 16.5. The molecule has 0 bridgehead atoms. The number of amides is 2. The van der Waals surface area contributed by atoms with Gasteiger partial charge in [-0.1, -0.05) is 67.2 Å². The first-order valence-electron chi connectivity index (χ1n) is 18.9. The Morgan fingerprint density at radius 2 is 1.54 bits per heavy atom. The molecule has 274 valence electrons. The van der Waals surface area contributed by atoms with Gasteiger partial charge in [-0.15, -0.1) is 0 Å². The number of phenols is 1. The van der Waals surface area contributed by atoms with Gasteiger partial charge in [-0.05, 0) is 132 Å². The number of hydrogen-bond donors (Lipinski definition) is 3. The van der Waals surface area contributed by atoms with E-state index in [2.05, 4.69) is 72.6 Å². The third-order valence-electron chi connectivity index (χ3n) is 11.1. The Kier molecular flexibility index (Phi) is 9.83. The highest BCUT2D eigenvalue weighted by Gasteiger charge is 2.38. The Labute approximate surface area is 316 Å². The van der Waals surface area contributed by atoms with Crippen molar-refractivity contribution in [2.24, 2.45) is 0 Å². The summed E-state index contributed by atoms with van der Waals surface area (Å²) < 4.78 is 12.3. The van der Waals surface area contributed by atoms with Gasteiger partial charge in [0.25, 0.3) is 5.91 Å². The lowest BCUT2D eigenvalue weighted by atomic mass is 9.69. The van der Waals surface area contributed by atoms with E-state index in [9.17, 15) is 14.7 Å². The zero-order valence-electron chi connectivity index (χ0n) is 30.3. The molecule has 1 aliphatic carbocycles. The highest BCUT2D eigenvalue weighted by molar-refractivity contribution is 6.02. The summed E-state index contributed by atoms with van der Waals surface area (Å²) in [4.78, 5) is 27.5. The van der Waals surface area contributed by atoms with Crippen LogP contribution in [0, 0.1) is 0 Å². The fourth-order valence-electron chi connectivity index (χ4n) is 8.30. The molecule has 1 fully saturated rings. The fraction of sp³-hybridized carbons (Fsp3) is 0.261. The number of nitrogens with two attached hydrogens (primary N) is 1. The molecule has 0 aromatic heterocycles. The second kappa shape index (κ2) is 15.1. The molecule has 0 spiro atoms. The number of piperidine rings is 1. The first kappa shape index (κ1) is 35.0. The lowest BCUT2D eigenvalue weighted by molar-refractivity contribution is -0.126. The molecular weight excluding hydrogens is 675 g/mol. The van der Waals surface area contributed by atoms with Gasteiger partial charge < -0.3 is 30.5 Å². The molecule has 1 saturated heterocycles. The van der Waals surface area contributed by atoms with Crippen molar-refractivity contribution >= 4 is 17.5 Å². The van der Waals surface area contributed by atoms with Crippen LogP contribution < -0.4 is 20.5 Å². The molecule has 3 atom stereocenters. The van der Waals surface area contributed by atoms with Gasteiger partial charge in [0.1, 0.15) is 23.3 Å². The van der Waals surface area contributed by atoms with Gasteiger partial charge in [0, 0.05) is 23.7 Å². The number of allylic oxidation sites excluding steroid dienone is 1. The van der Waals surface area contributed by atoms with E-state index < -0.39 is 6.04 Å². The van der Waals surface area contributed by atoms with Crippen LogP contribution in [0.15, 0.2) is 121 Å². The predicted octanol–water partition coefficient (Wildman–Crippen LogP) is 8.49. The van der Waals surface area contributed by atoms with Crippen molar-refractivity contribution in [3.63, 3.8) is 0 Å². The number of fused-ring (bicyclic) bond motifs is 2. The number of nitrogens with one attached hydrogen (secondary N) is 1. The van der Waals surface area contributed by atoms with Crippen LogP contribution in [0.1, 0.15) is 82.1 Å². The number of aromatic hydroxyl groups is 1. The zero-order chi connectivity index (χ0) is 37.2. The number of nitrogens with zero attached hydrogens (tertiary/aromatic N) is 1. The van der Waals surface area contributed by atoms with E-state index in [1.165, 1.54) is 22.3 Å². The molecule has 0 saturated carbocycles. The molecule has 2 amide bonds. The Balaban J connectivity index is 0.850. The summed E-state index contributed by atoms with van der Waals surface area (Å²) in [7, 11) is 0. The standard InChI is InChI=1S/C46H45N3O5/c1-29-9-22-42(45(51)48-29)49-28-35-25-32(12-19-40(35)46(49)52)33-14-21-41(47)43(27-33)54-24-6-5-23-53-37-16-10-31(11-17-37)44-38(30-7-3-2-4-8-30)18-13-34-26-36(50)15-20-39(34)44/h2-4,7-8,10-12,14-17,19-21,25-27,38,42,44,50H,1,5-6,9,13,18,22-24,28,47H2,(H,48,51)/t38?,42-,44?/m0/s1. The van der Waals surface area contributed by atoms with E-state index in [0.717, 1.165) is 48.1 Å². The van der Waals surface area contributed by atoms with Crippen molar-refractivity contribution in [1.82, 2.24) is 10.2 Å². The van der Waals surface area contributed by atoms with E-state index in [-0.39, 0.29) is 17.7 Å². The number of rotatable bonds is 11. The van der Waals surface area contributed by atoms with Gasteiger partial charge in [0.15, 0.2) is 0 Å². The zero-order valence-corrected chi connectivity index (χ0v) is 30.3. The SMILES string of the molecule is C=C1CC[C@H](N2Cc3cc(-c4ccc(N)c(OCCCCOc5ccc(C6c7ccc(O)cc7CCC6c6ccccc6)cc5)c4)ccc3C2=O)C(=O)N1. The minimum atomic E-state index is -0.489. The van der Waals surface area contributed by atoms with Crippen LogP contribution in [-0.4, -0.2) is 41.1 Å². The number of aryl methyl sites for hydroxylation is 1. The Hall–Kier alpha value is -6.02. The summed E-state index contributed by atoms with van der Waals surface area (Å²) in [5.74, 6) is 2.04. The molecule has 8 heteroatoms. The van der Waals surface area contributed by atoms with Gasteiger partial charge >= 0.3 is 0 Å². The maximum atomic E-state index is 13.2. The van der Waals surface area contributed by atoms with E-state index in [1.54, 1.807) is 11.0 Å². The van der Waals surface area contributed by atoms with Crippen LogP contribution in [0.3, 0.4) is 0 Å². The van der Waals surface area contributed by atoms with Crippen LogP contribution in [0.2, 0.25) is 0 Å². The lowest BCUT2D eigenvalue weighted by Crippen LogP contribution is -2.49. The molecule has 3 aliphatic rings. The van der Waals surface area contributed by atoms with Gasteiger partial charge in [-0.3, -0.25) is 9.59 Å². The predicted molar refractivity (Wildman–Crippen MR) is 211 cm³/mol. The number of ether oxygens (including phenoxy) is 2. The Morgan fingerprint density at radius 1 is 0.778 bits per heavy atom. The maximum absolute atomic E-state index is 13.2. The smallest absolute Gasteiger partial charge is 0.255 e. The molecule has 8 nitrogen and oxygen atoms in total. The number of anilines is 1. The van der Waals surface area contributed by atoms with Crippen LogP contribution >= 0.6 is 0 Å². The highest BCUT2D eigenvalue weighted by Crippen LogP contribution is 2.47. The number of nitrogen functional groups attached to an aromatic ring is 1. The largest absolute Gasteiger partial charge is 0.508 e. The van der Waals surface area contributed by atoms with E-state index >= 15 is 0 Å². The van der Waals surface area contributed by atoms with Crippen LogP contribution in [-0.2, 0) is 17.8 Å². The fourth-order valence-corrected chi connectivity index (χ4v) is 8.30. The molecule has 2 heterocycles. The van der Waals surface area contributed by atoms with Crippen molar-refractivity contribution < 1.29 is 24.2 Å². The van der Waals surface area contributed by atoms with Gasteiger partial charge in [0.05, 0.1) is 18.9 Å². The number of unbranched alkanes of at least 4 members (excludes halogenated alkanes) is 1. The quantitative estimate of drug-likeness (QED) is 0.0933. The van der Waals surface area contributed by atoms with E-state index in [0.29, 0.717) is 67.0 Å².